The monoisotopic (exact) mass is 212 g/mol. The number of nitrogens with two attached hydrogens (primary N) is 1. The van der Waals surface area contributed by atoms with Gasteiger partial charge in [-0.1, -0.05) is 12.8 Å². The quantitative estimate of drug-likeness (QED) is 0.682. The van der Waals surface area contributed by atoms with Crippen molar-refractivity contribution in [3.8, 4) is 0 Å². The number of carbonyl (C=O) groups is 1. The van der Waals surface area contributed by atoms with Gasteiger partial charge in [0.05, 0.1) is 0 Å². The van der Waals surface area contributed by atoms with Crippen molar-refractivity contribution < 1.29 is 9.90 Å². The third kappa shape index (κ3) is 2.16. The zero-order valence-electron chi connectivity index (χ0n) is 9.06. The van der Waals surface area contributed by atoms with Crippen LogP contribution in [0.1, 0.15) is 32.1 Å². The summed E-state index contributed by atoms with van der Waals surface area (Å²) in [5.74, 6) is 0.308. The molecule has 86 valence electrons. The first-order chi connectivity index (χ1) is 7.22. The molecule has 0 spiro atoms. The Labute approximate surface area is 90.4 Å². The van der Waals surface area contributed by atoms with E-state index in [4.69, 9.17) is 10.8 Å². The van der Waals surface area contributed by atoms with E-state index < -0.39 is 0 Å². The Morgan fingerprint density at radius 2 is 2.13 bits per heavy atom. The maximum atomic E-state index is 11.7. The lowest BCUT2D eigenvalue weighted by atomic mass is 9.90. The standard InChI is InChI=1S/C11H20N2O2/c12-9-3-1-2-4-10(9)13-6-8(7-14)5-11(13)15/h8-10,14H,1-7,12H2/t8?,9-,10-/m0/s1. The van der Waals surface area contributed by atoms with Crippen molar-refractivity contribution in [1.29, 1.82) is 0 Å². The Kier molecular flexibility index (Phi) is 3.26. The zero-order chi connectivity index (χ0) is 10.8. The van der Waals surface area contributed by atoms with E-state index in [0.29, 0.717) is 13.0 Å². The third-order valence-electron chi connectivity index (χ3n) is 3.68. The average molecular weight is 212 g/mol. The Balaban J connectivity index is 2.00. The average Bonchev–Trinajstić information content (AvgIpc) is 2.60. The fourth-order valence-corrected chi connectivity index (χ4v) is 2.78. The fourth-order valence-electron chi connectivity index (χ4n) is 2.78. The van der Waals surface area contributed by atoms with Crippen molar-refractivity contribution in [3.63, 3.8) is 0 Å². The summed E-state index contributed by atoms with van der Waals surface area (Å²) < 4.78 is 0. The topological polar surface area (TPSA) is 66.6 Å². The van der Waals surface area contributed by atoms with Gasteiger partial charge in [0.25, 0.3) is 0 Å². The van der Waals surface area contributed by atoms with Crippen LogP contribution >= 0.6 is 0 Å². The van der Waals surface area contributed by atoms with Gasteiger partial charge in [-0.25, -0.2) is 0 Å². The second kappa shape index (κ2) is 4.49. The van der Waals surface area contributed by atoms with Gasteiger partial charge in [-0.2, -0.15) is 0 Å². The first kappa shape index (κ1) is 10.9. The molecule has 1 unspecified atom stereocenters. The molecule has 1 amide bonds. The highest BCUT2D eigenvalue weighted by atomic mass is 16.3. The van der Waals surface area contributed by atoms with Gasteiger partial charge >= 0.3 is 0 Å². The molecule has 2 rings (SSSR count). The van der Waals surface area contributed by atoms with Gasteiger partial charge in [-0.3, -0.25) is 4.79 Å². The number of hydrogen-bond acceptors (Lipinski definition) is 3. The van der Waals surface area contributed by atoms with Crippen molar-refractivity contribution in [2.75, 3.05) is 13.2 Å². The highest BCUT2D eigenvalue weighted by Crippen LogP contribution is 2.27. The van der Waals surface area contributed by atoms with Crippen molar-refractivity contribution >= 4 is 5.91 Å². The van der Waals surface area contributed by atoms with Crippen LogP contribution in [-0.4, -0.2) is 41.1 Å². The Bertz CT molecular complexity index is 245. The van der Waals surface area contributed by atoms with Crippen LogP contribution in [0.25, 0.3) is 0 Å². The molecule has 0 aromatic heterocycles. The predicted octanol–water partition coefficient (Wildman–Crippen LogP) is 0.0971. The molecule has 4 nitrogen and oxygen atoms in total. The molecule has 0 radical (unpaired) electrons. The summed E-state index contributed by atoms with van der Waals surface area (Å²) in [6, 6.07) is 0.364. The lowest BCUT2D eigenvalue weighted by Gasteiger charge is -2.36. The van der Waals surface area contributed by atoms with E-state index in [1.165, 1.54) is 12.8 Å². The van der Waals surface area contributed by atoms with Crippen LogP contribution < -0.4 is 5.73 Å². The maximum absolute atomic E-state index is 11.7. The minimum atomic E-state index is 0.115. The van der Waals surface area contributed by atoms with Gasteiger partial charge in [0.1, 0.15) is 0 Å². The molecular weight excluding hydrogens is 192 g/mol. The van der Waals surface area contributed by atoms with Crippen LogP contribution in [0.2, 0.25) is 0 Å². The molecule has 2 fully saturated rings. The molecule has 3 atom stereocenters. The Morgan fingerprint density at radius 3 is 2.73 bits per heavy atom. The molecule has 0 aromatic rings. The van der Waals surface area contributed by atoms with E-state index in [0.717, 1.165) is 12.8 Å². The van der Waals surface area contributed by atoms with Gasteiger partial charge in [-0.05, 0) is 12.8 Å². The molecule has 1 aliphatic carbocycles. The summed E-state index contributed by atoms with van der Waals surface area (Å²) in [7, 11) is 0. The van der Waals surface area contributed by atoms with Crippen molar-refractivity contribution in [1.82, 2.24) is 4.90 Å². The Morgan fingerprint density at radius 1 is 1.40 bits per heavy atom. The van der Waals surface area contributed by atoms with Gasteiger partial charge < -0.3 is 15.7 Å². The number of amides is 1. The SMILES string of the molecule is N[C@H]1CCCC[C@@H]1N1CC(CO)CC1=O. The fraction of sp³-hybridized carbons (Fsp3) is 0.909. The number of aliphatic hydroxyl groups is 1. The molecule has 1 saturated carbocycles. The van der Waals surface area contributed by atoms with Gasteiger partial charge in [0.2, 0.25) is 5.91 Å². The van der Waals surface area contributed by atoms with Crippen LogP contribution in [0.3, 0.4) is 0 Å². The molecule has 1 aliphatic heterocycles. The second-order valence-electron chi connectivity index (χ2n) is 4.81. The minimum absolute atomic E-state index is 0.115. The molecule has 0 bridgehead atoms. The largest absolute Gasteiger partial charge is 0.396 e. The molecule has 4 heteroatoms. The van der Waals surface area contributed by atoms with Gasteiger partial charge in [0, 0.05) is 37.6 Å². The van der Waals surface area contributed by atoms with Gasteiger partial charge in [0.15, 0.2) is 0 Å². The highest BCUT2D eigenvalue weighted by Gasteiger charge is 2.37. The summed E-state index contributed by atoms with van der Waals surface area (Å²) in [6.45, 7) is 0.817. The first-order valence-corrected chi connectivity index (χ1v) is 5.88. The number of aliphatic hydroxyl groups excluding tert-OH is 1. The summed E-state index contributed by atoms with van der Waals surface area (Å²) >= 11 is 0. The van der Waals surface area contributed by atoms with Crippen LogP contribution in [0.4, 0.5) is 0 Å². The van der Waals surface area contributed by atoms with Crippen LogP contribution in [0.5, 0.6) is 0 Å². The number of hydrogen-bond donors (Lipinski definition) is 2. The molecule has 2 aliphatic rings. The molecule has 15 heavy (non-hydrogen) atoms. The number of nitrogens with zero attached hydrogens (tertiary/aromatic N) is 1. The second-order valence-corrected chi connectivity index (χ2v) is 4.81. The first-order valence-electron chi connectivity index (χ1n) is 5.88. The third-order valence-corrected chi connectivity index (χ3v) is 3.68. The molecule has 3 N–H and O–H groups in total. The lowest BCUT2D eigenvalue weighted by Crippen LogP contribution is -2.50. The molecule has 1 saturated heterocycles. The normalized spacial score (nSPS) is 37.3. The van der Waals surface area contributed by atoms with Crippen molar-refractivity contribution in [2.24, 2.45) is 11.7 Å². The summed E-state index contributed by atoms with van der Waals surface area (Å²) in [5.41, 5.74) is 6.05. The number of rotatable bonds is 2. The van der Waals surface area contributed by atoms with E-state index in [1.807, 2.05) is 4.90 Å². The lowest BCUT2D eigenvalue weighted by molar-refractivity contribution is -0.130. The van der Waals surface area contributed by atoms with Gasteiger partial charge in [-0.15, -0.1) is 0 Å². The molecule has 0 aromatic carbocycles. The van der Waals surface area contributed by atoms with Crippen LogP contribution in [0.15, 0.2) is 0 Å². The summed E-state index contributed by atoms with van der Waals surface area (Å²) in [4.78, 5) is 13.7. The van der Waals surface area contributed by atoms with E-state index in [9.17, 15) is 4.79 Å². The maximum Gasteiger partial charge on any atom is 0.223 e. The van der Waals surface area contributed by atoms with E-state index in [1.54, 1.807) is 0 Å². The van der Waals surface area contributed by atoms with Crippen LogP contribution in [0, 0.1) is 5.92 Å². The molecular formula is C11H20N2O2. The number of likely N-dealkylation sites (tertiary alicyclic amines) is 1. The van der Waals surface area contributed by atoms with E-state index in [2.05, 4.69) is 0 Å². The van der Waals surface area contributed by atoms with E-state index in [-0.39, 0.29) is 30.5 Å². The van der Waals surface area contributed by atoms with Crippen molar-refractivity contribution in [3.05, 3.63) is 0 Å². The van der Waals surface area contributed by atoms with Crippen molar-refractivity contribution in [2.45, 2.75) is 44.2 Å². The minimum Gasteiger partial charge on any atom is -0.396 e. The summed E-state index contributed by atoms with van der Waals surface area (Å²) in [5, 5.41) is 9.06. The van der Waals surface area contributed by atoms with Crippen LogP contribution in [-0.2, 0) is 4.79 Å². The van der Waals surface area contributed by atoms with E-state index >= 15 is 0 Å². The smallest absolute Gasteiger partial charge is 0.223 e. The predicted molar refractivity (Wildman–Crippen MR) is 57.1 cm³/mol. The Hall–Kier alpha value is -0.610. The number of carbonyl (C=O) groups excluding carboxylic acids is 1. The summed E-state index contributed by atoms with van der Waals surface area (Å²) in [6.07, 6.45) is 4.91. The molecule has 1 heterocycles. The highest BCUT2D eigenvalue weighted by molar-refractivity contribution is 5.79. The zero-order valence-corrected chi connectivity index (χ0v) is 9.06.